The van der Waals surface area contributed by atoms with Gasteiger partial charge in [-0.1, -0.05) is 36.4 Å². The lowest BCUT2D eigenvalue weighted by molar-refractivity contribution is -0.274. The van der Waals surface area contributed by atoms with E-state index in [0.29, 0.717) is 19.2 Å². The van der Waals surface area contributed by atoms with Gasteiger partial charge in [0.1, 0.15) is 0 Å². The summed E-state index contributed by atoms with van der Waals surface area (Å²) in [5.41, 5.74) is 3.29. The number of amides is 1. The quantitative estimate of drug-likeness (QED) is 0.709. The molecule has 1 aliphatic heterocycles. The Labute approximate surface area is 163 Å². The molecule has 2 unspecified atom stereocenters. The number of anilines is 1. The zero-order chi connectivity index (χ0) is 19.6. The molecule has 28 heavy (non-hydrogen) atoms. The molecule has 0 radical (unpaired) electrons. The minimum absolute atomic E-state index is 0.0625. The summed E-state index contributed by atoms with van der Waals surface area (Å²) in [6.07, 6.45) is 0.358. The number of rotatable bonds is 4. The van der Waals surface area contributed by atoms with Gasteiger partial charge in [-0.2, -0.15) is 0 Å². The first-order chi connectivity index (χ1) is 13.6. The largest absolute Gasteiger partial charge is 0.450 e. The summed E-state index contributed by atoms with van der Waals surface area (Å²) in [7, 11) is 0. The molecule has 0 spiro atoms. The summed E-state index contributed by atoms with van der Waals surface area (Å²) in [4.78, 5) is 19.1. The number of nitrogens with zero attached hydrogens (tertiary/aromatic N) is 1. The Morgan fingerprint density at radius 1 is 1.29 bits per heavy atom. The standard InChI is InChI=1S/C21H23N3O4/c1-3-26-20(25)24-19-22-17-10-9-16(13-18(17)23-19)21(15-7-5-4-6-8-15)27-12-11-14(2)28-21/h4-10,13-14H,3,11-12H2,1-2H3,(H2,22,23,24,25). The molecule has 146 valence electrons. The molecular formula is C21H23N3O4. The third-order valence-electron chi connectivity index (χ3n) is 4.71. The van der Waals surface area contributed by atoms with Crippen molar-refractivity contribution >= 4 is 23.1 Å². The molecule has 4 rings (SSSR count). The van der Waals surface area contributed by atoms with Crippen LogP contribution in [0.2, 0.25) is 0 Å². The molecule has 1 fully saturated rings. The molecule has 0 aliphatic carbocycles. The van der Waals surface area contributed by atoms with Crippen LogP contribution in [0.3, 0.4) is 0 Å². The second-order valence-electron chi connectivity index (χ2n) is 6.71. The van der Waals surface area contributed by atoms with Gasteiger partial charge >= 0.3 is 6.09 Å². The Morgan fingerprint density at radius 3 is 2.86 bits per heavy atom. The van der Waals surface area contributed by atoms with Crippen molar-refractivity contribution in [1.29, 1.82) is 0 Å². The Hall–Kier alpha value is -2.90. The average molecular weight is 381 g/mol. The average Bonchev–Trinajstić information content (AvgIpc) is 3.10. The van der Waals surface area contributed by atoms with Gasteiger partial charge in [-0.25, -0.2) is 9.78 Å². The van der Waals surface area contributed by atoms with Gasteiger partial charge in [0, 0.05) is 11.1 Å². The number of imidazole rings is 1. The van der Waals surface area contributed by atoms with Crippen LogP contribution in [-0.2, 0) is 20.0 Å². The molecule has 7 nitrogen and oxygen atoms in total. The van der Waals surface area contributed by atoms with E-state index in [1.54, 1.807) is 6.92 Å². The van der Waals surface area contributed by atoms with Crippen LogP contribution in [-0.4, -0.2) is 35.4 Å². The van der Waals surface area contributed by atoms with Gasteiger partial charge in [0.15, 0.2) is 0 Å². The number of aromatic nitrogens is 2. The predicted octanol–water partition coefficient (Wildman–Crippen LogP) is 4.16. The highest BCUT2D eigenvalue weighted by Gasteiger charge is 2.41. The molecule has 1 amide bonds. The molecule has 0 bridgehead atoms. The molecule has 3 aromatic rings. The third-order valence-corrected chi connectivity index (χ3v) is 4.71. The molecule has 1 aliphatic rings. The maximum absolute atomic E-state index is 11.6. The van der Waals surface area contributed by atoms with Crippen LogP contribution in [0.5, 0.6) is 0 Å². The number of hydrogen-bond acceptors (Lipinski definition) is 5. The van der Waals surface area contributed by atoms with Crippen molar-refractivity contribution in [2.24, 2.45) is 0 Å². The maximum Gasteiger partial charge on any atom is 0.413 e. The van der Waals surface area contributed by atoms with E-state index in [4.69, 9.17) is 14.2 Å². The van der Waals surface area contributed by atoms with Crippen molar-refractivity contribution in [1.82, 2.24) is 9.97 Å². The van der Waals surface area contributed by atoms with Crippen molar-refractivity contribution in [3.05, 3.63) is 59.7 Å². The van der Waals surface area contributed by atoms with E-state index in [1.165, 1.54) is 0 Å². The maximum atomic E-state index is 11.6. The van der Waals surface area contributed by atoms with Gasteiger partial charge in [-0.05, 0) is 32.4 Å². The Balaban J connectivity index is 1.73. The van der Waals surface area contributed by atoms with Gasteiger partial charge in [0.25, 0.3) is 0 Å². The summed E-state index contributed by atoms with van der Waals surface area (Å²) in [6.45, 7) is 4.70. The lowest BCUT2D eigenvalue weighted by atomic mass is 9.95. The van der Waals surface area contributed by atoms with Gasteiger partial charge < -0.3 is 19.2 Å². The fraction of sp³-hybridized carbons (Fsp3) is 0.333. The number of carbonyl (C=O) groups is 1. The third kappa shape index (κ3) is 3.46. The molecule has 1 saturated heterocycles. The van der Waals surface area contributed by atoms with Crippen LogP contribution < -0.4 is 5.32 Å². The van der Waals surface area contributed by atoms with E-state index < -0.39 is 11.9 Å². The fourth-order valence-electron chi connectivity index (χ4n) is 3.41. The van der Waals surface area contributed by atoms with Crippen LogP contribution in [0.25, 0.3) is 11.0 Å². The highest BCUT2D eigenvalue weighted by atomic mass is 16.7. The van der Waals surface area contributed by atoms with Crippen molar-refractivity contribution in [3.8, 4) is 0 Å². The van der Waals surface area contributed by atoms with Crippen LogP contribution >= 0.6 is 0 Å². The minimum atomic E-state index is -0.979. The second kappa shape index (κ2) is 7.61. The molecule has 2 N–H and O–H groups in total. The number of hydrogen-bond donors (Lipinski definition) is 2. The fourth-order valence-corrected chi connectivity index (χ4v) is 3.41. The Kier molecular flexibility index (Phi) is 5.02. The van der Waals surface area contributed by atoms with Crippen molar-refractivity contribution < 1.29 is 19.0 Å². The summed E-state index contributed by atoms with van der Waals surface area (Å²) >= 11 is 0. The van der Waals surface area contributed by atoms with Gasteiger partial charge in [-0.15, -0.1) is 0 Å². The summed E-state index contributed by atoms with van der Waals surface area (Å²) < 4.78 is 17.5. The molecular weight excluding hydrogens is 358 g/mol. The molecule has 1 aromatic heterocycles. The topological polar surface area (TPSA) is 85.5 Å². The van der Waals surface area contributed by atoms with Gasteiger partial charge in [-0.3, -0.25) is 5.32 Å². The summed E-state index contributed by atoms with van der Waals surface area (Å²) in [6, 6.07) is 15.7. The molecule has 2 atom stereocenters. The summed E-state index contributed by atoms with van der Waals surface area (Å²) in [5, 5.41) is 2.59. The van der Waals surface area contributed by atoms with Crippen LogP contribution in [0.1, 0.15) is 31.4 Å². The zero-order valence-electron chi connectivity index (χ0n) is 15.9. The Bertz CT molecular complexity index is 972. The number of benzene rings is 2. The number of ether oxygens (including phenoxy) is 3. The zero-order valence-corrected chi connectivity index (χ0v) is 15.9. The van der Waals surface area contributed by atoms with E-state index in [0.717, 1.165) is 28.6 Å². The highest BCUT2D eigenvalue weighted by molar-refractivity contribution is 5.86. The van der Waals surface area contributed by atoms with E-state index in [1.807, 2.05) is 48.5 Å². The van der Waals surface area contributed by atoms with E-state index in [2.05, 4.69) is 22.2 Å². The SMILES string of the molecule is CCOC(=O)Nc1nc2ccc(C3(c4ccccc4)OCCC(C)O3)cc2[nH]1. The normalized spacial score (nSPS) is 22.1. The number of nitrogens with one attached hydrogen (secondary N) is 2. The van der Waals surface area contributed by atoms with Crippen LogP contribution in [0.4, 0.5) is 10.7 Å². The Morgan fingerprint density at radius 2 is 2.11 bits per heavy atom. The minimum Gasteiger partial charge on any atom is -0.450 e. The molecule has 0 saturated carbocycles. The first-order valence-electron chi connectivity index (χ1n) is 9.42. The lowest BCUT2D eigenvalue weighted by Gasteiger charge is -2.40. The predicted molar refractivity (Wildman–Crippen MR) is 105 cm³/mol. The first kappa shape index (κ1) is 18.5. The lowest BCUT2D eigenvalue weighted by Crippen LogP contribution is -2.42. The number of H-pyrrole nitrogens is 1. The molecule has 2 heterocycles. The van der Waals surface area contributed by atoms with Crippen LogP contribution in [0.15, 0.2) is 48.5 Å². The van der Waals surface area contributed by atoms with E-state index in [9.17, 15) is 4.79 Å². The van der Waals surface area contributed by atoms with E-state index in [-0.39, 0.29) is 6.10 Å². The number of carbonyl (C=O) groups excluding carboxylic acids is 1. The van der Waals surface area contributed by atoms with Gasteiger partial charge in [0.05, 0.1) is 30.4 Å². The van der Waals surface area contributed by atoms with E-state index >= 15 is 0 Å². The van der Waals surface area contributed by atoms with Gasteiger partial charge in [0.2, 0.25) is 11.7 Å². The first-order valence-corrected chi connectivity index (χ1v) is 9.42. The smallest absolute Gasteiger partial charge is 0.413 e. The van der Waals surface area contributed by atoms with Crippen molar-refractivity contribution in [3.63, 3.8) is 0 Å². The monoisotopic (exact) mass is 381 g/mol. The summed E-state index contributed by atoms with van der Waals surface area (Å²) in [5.74, 6) is -0.648. The number of fused-ring (bicyclic) bond motifs is 1. The molecule has 7 heteroatoms. The molecule has 2 aromatic carbocycles. The second-order valence-corrected chi connectivity index (χ2v) is 6.71. The number of aromatic amines is 1. The van der Waals surface area contributed by atoms with Crippen molar-refractivity contribution in [2.45, 2.75) is 32.2 Å². The van der Waals surface area contributed by atoms with Crippen LogP contribution in [0, 0.1) is 0 Å². The highest BCUT2D eigenvalue weighted by Crippen LogP contribution is 2.40. The van der Waals surface area contributed by atoms with Crippen molar-refractivity contribution in [2.75, 3.05) is 18.5 Å².